The molecule has 0 saturated carbocycles. The Bertz CT molecular complexity index is 610. The molecule has 1 aromatic heterocycles. The van der Waals surface area contributed by atoms with Crippen LogP contribution in [-0.2, 0) is 27.3 Å². The predicted octanol–water partition coefficient (Wildman–Crippen LogP) is 1.14. The Morgan fingerprint density at radius 1 is 1.46 bits per heavy atom. The van der Waals surface area contributed by atoms with Crippen LogP contribution in [0.5, 0.6) is 0 Å². The van der Waals surface area contributed by atoms with Gasteiger partial charge in [0.05, 0.1) is 12.2 Å². The third-order valence-electron chi connectivity index (χ3n) is 4.08. The van der Waals surface area contributed by atoms with Crippen LogP contribution in [0.2, 0.25) is 0 Å². The van der Waals surface area contributed by atoms with Gasteiger partial charge in [0, 0.05) is 37.0 Å². The lowest BCUT2D eigenvalue weighted by atomic mass is 10.2. The highest BCUT2D eigenvalue weighted by molar-refractivity contribution is 7.15. The third-order valence-corrected chi connectivity index (χ3v) is 5.08. The van der Waals surface area contributed by atoms with Crippen LogP contribution in [0.4, 0.5) is 5.13 Å². The SMILES string of the molecule is CC(C)NC(=O)CN1CCc2nc(NC(=O)C3CCCO3)sc2C1. The average Bonchev–Trinajstić information content (AvgIpc) is 3.14. The molecular weight excluding hydrogens is 328 g/mol. The molecular formula is C16H24N4O3S. The number of rotatable bonds is 5. The zero-order valence-electron chi connectivity index (χ0n) is 14.1. The minimum Gasteiger partial charge on any atom is -0.368 e. The summed E-state index contributed by atoms with van der Waals surface area (Å²) in [6, 6.07) is 0.154. The summed E-state index contributed by atoms with van der Waals surface area (Å²) < 4.78 is 5.39. The third kappa shape index (κ3) is 4.31. The molecule has 0 spiro atoms. The van der Waals surface area contributed by atoms with E-state index in [-0.39, 0.29) is 24.0 Å². The number of nitrogens with zero attached hydrogens (tertiary/aromatic N) is 2. The maximum atomic E-state index is 12.1. The first-order valence-electron chi connectivity index (χ1n) is 8.44. The van der Waals surface area contributed by atoms with Crippen LogP contribution in [0, 0.1) is 0 Å². The van der Waals surface area contributed by atoms with E-state index in [1.54, 1.807) is 0 Å². The van der Waals surface area contributed by atoms with Crippen molar-refractivity contribution in [1.82, 2.24) is 15.2 Å². The molecule has 0 radical (unpaired) electrons. The molecule has 8 heteroatoms. The van der Waals surface area contributed by atoms with Crippen LogP contribution in [0.15, 0.2) is 0 Å². The van der Waals surface area contributed by atoms with Gasteiger partial charge in [0.2, 0.25) is 5.91 Å². The maximum Gasteiger partial charge on any atom is 0.255 e. The zero-order valence-corrected chi connectivity index (χ0v) is 14.9. The molecule has 1 aromatic rings. The van der Waals surface area contributed by atoms with Crippen molar-refractivity contribution in [3.63, 3.8) is 0 Å². The van der Waals surface area contributed by atoms with Crippen molar-refractivity contribution in [2.75, 3.05) is 25.0 Å². The van der Waals surface area contributed by atoms with Crippen LogP contribution in [0.3, 0.4) is 0 Å². The highest BCUT2D eigenvalue weighted by atomic mass is 32.1. The Kier molecular flexibility index (Phi) is 5.47. The van der Waals surface area contributed by atoms with E-state index in [2.05, 4.69) is 20.5 Å². The summed E-state index contributed by atoms with van der Waals surface area (Å²) in [6.45, 7) is 6.47. The largest absolute Gasteiger partial charge is 0.368 e. The lowest BCUT2D eigenvalue weighted by molar-refractivity contribution is -0.125. The first-order chi connectivity index (χ1) is 11.5. The van der Waals surface area contributed by atoms with Crippen LogP contribution >= 0.6 is 11.3 Å². The van der Waals surface area contributed by atoms with Gasteiger partial charge in [-0.25, -0.2) is 4.98 Å². The molecule has 0 aliphatic carbocycles. The molecule has 2 aliphatic rings. The van der Waals surface area contributed by atoms with E-state index >= 15 is 0 Å². The Morgan fingerprint density at radius 2 is 2.29 bits per heavy atom. The first-order valence-corrected chi connectivity index (χ1v) is 9.25. The summed E-state index contributed by atoms with van der Waals surface area (Å²) in [7, 11) is 0. The normalized spacial score (nSPS) is 20.9. The van der Waals surface area contributed by atoms with E-state index in [1.165, 1.54) is 11.3 Å². The Hall–Kier alpha value is -1.51. The van der Waals surface area contributed by atoms with Crippen molar-refractivity contribution < 1.29 is 14.3 Å². The van der Waals surface area contributed by atoms with Crippen molar-refractivity contribution in [1.29, 1.82) is 0 Å². The number of anilines is 1. The Labute approximate surface area is 145 Å². The van der Waals surface area contributed by atoms with E-state index in [0.29, 0.717) is 24.8 Å². The van der Waals surface area contributed by atoms with Gasteiger partial charge < -0.3 is 10.1 Å². The topological polar surface area (TPSA) is 83.6 Å². The summed E-state index contributed by atoms with van der Waals surface area (Å²) in [5.74, 6) is -0.0587. The number of aromatic nitrogens is 1. The maximum absolute atomic E-state index is 12.1. The van der Waals surface area contributed by atoms with Crippen molar-refractivity contribution in [3.05, 3.63) is 10.6 Å². The van der Waals surface area contributed by atoms with E-state index < -0.39 is 0 Å². The van der Waals surface area contributed by atoms with E-state index in [9.17, 15) is 9.59 Å². The van der Waals surface area contributed by atoms with E-state index in [4.69, 9.17) is 4.74 Å². The Balaban J connectivity index is 1.56. The zero-order chi connectivity index (χ0) is 17.1. The number of hydrogen-bond donors (Lipinski definition) is 2. The highest BCUT2D eigenvalue weighted by Gasteiger charge is 2.26. The van der Waals surface area contributed by atoms with Gasteiger partial charge in [-0.2, -0.15) is 0 Å². The van der Waals surface area contributed by atoms with Gasteiger partial charge in [-0.05, 0) is 26.7 Å². The van der Waals surface area contributed by atoms with Gasteiger partial charge in [0.25, 0.3) is 5.91 Å². The van der Waals surface area contributed by atoms with Gasteiger partial charge in [-0.3, -0.25) is 19.8 Å². The summed E-state index contributed by atoms with van der Waals surface area (Å²) in [5.41, 5.74) is 1.03. The van der Waals surface area contributed by atoms with Crippen LogP contribution in [-0.4, -0.2) is 53.5 Å². The molecule has 3 rings (SSSR count). The van der Waals surface area contributed by atoms with Crippen LogP contribution in [0.1, 0.15) is 37.3 Å². The van der Waals surface area contributed by atoms with Gasteiger partial charge >= 0.3 is 0 Å². The number of carbonyl (C=O) groups excluding carboxylic acids is 2. The monoisotopic (exact) mass is 352 g/mol. The minimum atomic E-state index is -0.345. The second-order valence-electron chi connectivity index (χ2n) is 6.56. The fourth-order valence-electron chi connectivity index (χ4n) is 2.98. The number of amides is 2. The van der Waals surface area contributed by atoms with E-state index in [1.807, 2.05) is 13.8 Å². The smallest absolute Gasteiger partial charge is 0.255 e. The molecule has 1 atom stereocenters. The molecule has 1 saturated heterocycles. The van der Waals surface area contributed by atoms with Crippen molar-refractivity contribution in [2.24, 2.45) is 0 Å². The van der Waals surface area contributed by atoms with Gasteiger partial charge in [0.15, 0.2) is 5.13 Å². The summed E-state index contributed by atoms with van der Waals surface area (Å²) in [5, 5.41) is 6.41. The fourth-order valence-corrected chi connectivity index (χ4v) is 4.03. The summed E-state index contributed by atoms with van der Waals surface area (Å²) in [6.07, 6.45) is 2.16. The standard InChI is InChI=1S/C16H24N4O3S/c1-10(2)17-14(21)9-20-6-5-11-13(8-20)24-16(18-11)19-15(22)12-4-3-7-23-12/h10,12H,3-9H2,1-2H3,(H,17,21)(H,18,19,22). The van der Waals surface area contributed by atoms with Crippen LogP contribution < -0.4 is 10.6 Å². The molecule has 0 bridgehead atoms. The molecule has 132 valence electrons. The number of carbonyl (C=O) groups is 2. The molecule has 1 unspecified atom stereocenters. The van der Waals surface area contributed by atoms with Gasteiger partial charge in [-0.1, -0.05) is 0 Å². The second-order valence-corrected chi connectivity index (χ2v) is 7.65. The molecule has 2 N–H and O–H groups in total. The van der Waals surface area contributed by atoms with Crippen molar-refractivity contribution >= 4 is 28.3 Å². The molecule has 1 fully saturated rings. The molecule has 2 amide bonds. The molecule has 7 nitrogen and oxygen atoms in total. The first kappa shape index (κ1) is 17.3. The van der Waals surface area contributed by atoms with E-state index in [0.717, 1.165) is 36.4 Å². The molecule has 2 aliphatic heterocycles. The molecule has 0 aromatic carbocycles. The van der Waals surface area contributed by atoms with Gasteiger partial charge in [-0.15, -0.1) is 11.3 Å². The summed E-state index contributed by atoms with van der Waals surface area (Å²) >= 11 is 1.50. The average molecular weight is 352 g/mol. The molecule has 24 heavy (non-hydrogen) atoms. The number of ether oxygens (including phenoxy) is 1. The number of hydrogen-bond acceptors (Lipinski definition) is 6. The second kappa shape index (κ2) is 7.58. The Morgan fingerprint density at radius 3 is 3.00 bits per heavy atom. The number of fused-ring (bicyclic) bond motifs is 1. The quantitative estimate of drug-likeness (QED) is 0.830. The van der Waals surface area contributed by atoms with Crippen LogP contribution in [0.25, 0.3) is 0 Å². The number of thiazole rings is 1. The lowest BCUT2D eigenvalue weighted by Gasteiger charge is -2.25. The minimum absolute atomic E-state index is 0.0462. The lowest BCUT2D eigenvalue weighted by Crippen LogP contribution is -2.41. The summed E-state index contributed by atoms with van der Waals surface area (Å²) in [4.78, 5) is 31.8. The molecule has 3 heterocycles. The van der Waals surface area contributed by atoms with Gasteiger partial charge in [0.1, 0.15) is 6.10 Å². The highest BCUT2D eigenvalue weighted by Crippen LogP contribution is 2.28. The fraction of sp³-hybridized carbons (Fsp3) is 0.688. The number of nitrogens with one attached hydrogen (secondary N) is 2. The van der Waals surface area contributed by atoms with Crippen molar-refractivity contribution in [3.8, 4) is 0 Å². The predicted molar refractivity (Wildman–Crippen MR) is 92.0 cm³/mol. The van der Waals surface area contributed by atoms with Crippen molar-refractivity contribution in [2.45, 2.75) is 51.8 Å².